The van der Waals surface area contributed by atoms with Crippen LogP contribution in [0.5, 0.6) is 0 Å². The van der Waals surface area contributed by atoms with E-state index in [0.29, 0.717) is 24.7 Å². The van der Waals surface area contributed by atoms with Crippen LogP contribution in [0.3, 0.4) is 0 Å². The maximum Gasteiger partial charge on any atom is 0.312 e. The van der Waals surface area contributed by atoms with Crippen molar-refractivity contribution in [3.63, 3.8) is 0 Å². The van der Waals surface area contributed by atoms with Gasteiger partial charge in [0.05, 0.1) is 17.6 Å². The molecule has 1 aliphatic carbocycles. The summed E-state index contributed by atoms with van der Waals surface area (Å²) < 4.78 is 5.95. The molecule has 0 bridgehead atoms. The van der Waals surface area contributed by atoms with Gasteiger partial charge < -0.3 is 9.84 Å². The van der Waals surface area contributed by atoms with Gasteiger partial charge >= 0.3 is 5.97 Å². The largest absolute Gasteiger partial charge is 0.481 e. The molecule has 0 amide bonds. The number of carboxylic acids is 1. The Hall–Kier alpha value is -0.830. The molecular weight excluding hydrogens is 240 g/mol. The molecule has 0 aromatic carbocycles. The van der Waals surface area contributed by atoms with Crippen molar-refractivity contribution in [1.82, 2.24) is 0 Å². The fourth-order valence-corrected chi connectivity index (χ4v) is 2.72. The maximum atomic E-state index is 11.5. The Kier molecular flexibility index (Phi) is 5.19. The van der Waals surface area contributed by atoms with Crippen LogP contribution in [0.15, 0.2) is 11.6 Å². The lowest BCUT2D eigenvalue weighted by molar-refractivity contribution is -0.146. The van der Waals surface area contributed by atoms with E-state index >= 15 is 0 Å². The molecule has 3 atom stereocenters. The van der Waals surface area contributed by atoms with E-state index in [2.05, 4.69) is 40.7 Å². The molecule has 3 nitrogen and oxygen atoms in total. The van der Waals surface area contributed by atoms with Gasteiger partial charge in [-0.3, -0.25) is 4.79 Å². The van der Waals surface area contributed by atoms with Crippen LogP contribution < -0.4 is 0 Å². The first-order valence-electron chi connectivity index (χ1n) is 7.26. The summed E-state index contributed by atoms with van der Waals surface area (Å²) in [6.45, 7) is 12.5. The predicted molar refractivity (Wildman–Crippen MR) is 77.1 cm³/mol. The van der Waals surface area contributed by atoms with Crippen LogP contribution in [-0.2, 0) is 9.53 Å². The highest BCUT2D eigenvalue weighted by Crippen LogP contribution is 2.53. The van der Waals surface area contributed by atoms with Crippen molar-refractivity contribution in [1.29, 1.82) is 0 Å². The van der Waals surface area contributed by atoms with E-state index in [9.17, 15) is 9.90 Å². The molecular formula is C16H28O3. The van der Waals surface area contributed by atoms with Crippen LogP contribution in [0.2, 0.25) is 0 Å². The molecule has 0 heterocycles. The van der Waals surface area contributed by atoms with Gasteiger partial charge in [0.1, 0.15) is 0 Å². The molecule has 110 valence electrons. The van der Waals surface area contributed by atoms with Crippen LogP contribution in [0, 0.1) is 17.3 Å². The molecule has 0 aliphatic heterocycles. The van der Waals surface area contributed by atoms with E-state index < -0.39 is 11.4 Å². The van der Waals surface area contributed by atoms with Crippen molar-refractivity contribution >= 4 is 5.97 Å². The first-order valence-corrected chi connectivity index (χ1v) is 7.26. The van der Waals surface area contributed by atoms with Crippen LogP contribution in [0.4, 0.5) is 0 Å². The summed E-state index contributed by atoms with van der Waals surface area (Å²) in [6, 6.07) is 0. The predicted octanol–water partition coefficient (Wildman–Crippen LogP) is 3.88. The van der Waals surface area contributed by atoms with E-state index in [-0.39, 0.29) is 12.2 Å². The summed E-state index contributed by atoms with van der Waals surface area (Å²) >= 11 is 0. The summed E-state index contributed by atoms with van der Waals surface area (Å²) in [5, 5.41) is 9.43. The van der Waals surface area contributed by atoms with Crippen LogP contribution in [-0.4, -0.2) is 23.3 Å². The third-order valence-corrected chi connectivity index (χ3v) is 3.81. The Morgan fingerprint density at radius 1 is 1.37 bits per heavy atom. The monoisotopic (exact) mass is 268 g/mol. The van der Waals surface area contributed by atoms with Gasteiger partial charge in [-0.1, -0.05) is 33.8 Å². The molecule has 19 heavy (non-hydrogen) atoms. The lowest BCUT2D eigenvalue weighted by atomic mass is 9.94. The Morgan fingerprint density at radius 2 is 1.95 bits per heavy atom. The first-order chi connectivity index (χ1) is 8.69. The third-order valence-electron chi connectivity index (χ3n) is 3.81. The molecule has 0 aromatic heterocycles. The number of ether oxygens (including phenoxy) is 1. The normalized spacial score (nSPS) is 28.8. The lowest BCUT2D eigenvalue weighted by Gasteiger charge is -2.19. The number of carbonyl (C=O) groups is 1. The second kappa shape index (κ2) is 6.08. The fourth-order valence-electron chi connectivity index (χ4n) is 2.72. The Balaban J connectivity index is 2.63. The fraction of sp³-hybridized carbons (Fsp3) is 0.812. The summed E-state index contributed by atoms with van der Waals surface area (Å²) in [6.07, 6.45) is 3.41. The average Bonchev–Trinajstić information content (AvgIpc) is 2.90. The first kappa shape index (κ1) is 16.2. The van der Waals surface area contributed by atoms with Gasteiger partial charge in [-0.25, -0.2) is 0 Å². The van der Waals surface area contributed by atoms with Crippen molar-refractivity contribution in [3.8, 4) is 0 Å². The molecule has 1 rings (SSSR count). The van der Waals surface area contributed by atoms with Crippen molar-refractivity contribution in [2.24, 2.45) is 17.3 Å². The van der Waals surface area contributed by atoms with Gasteiger partial charge in [0.2, 0.25) is 0 Å². The molecule has 3 unspecified atom stereocenters. The second-order valence-corrected chi connectivity index (χ2v) is 6.69. The Morgan fingerprint density at radius 3 is 2.37 bits per heavy atom. The highest BCUT2D eigenvalue weighted by atomic mass is 16.5. The molecule has 1 N–H and O–H groups in total. The zero-order valence-electron chi connectivity index (χ0n) is 13.1. The lowest BCUT2D eigenvalue weighted by Crippen LogP contribution is -2.25. The van der Waals surface area contributed by atoms with Crippen LogP contribution >= 0.6 is 0 Å². The van der Waals surface area contributed by atoms with Gasteiger partial charge in [-0.2, -0.15) is 0 Å². The molecule has 1 saturated carbocycles. The maximum absolute atomic E-state index is 11.5. The number of hydrogen-bond donors (Lipinski definition) is 1. The van der Waals surface area contributed by atoms with Crippen molar-refractivity contribution in [2.45, 2.75) is 66.6 Å². The van der Waals surface area contributed by atoms with E-state index in [1.165, 1.54) is 5.57 Å². The smallest absolute Gasteiger partial charge is 0.312 e. The van der Waals surface area contributed by atoms with Crippen molar-refractivity contribution < 1.29 is 14.6 Å². The molecule has 3 heteroatoms. The van der Waals surface area contributed by atoms with Crippen LogP contribution in [0.25, 0.3) is 0 Å². The molecule has 1 fully saturated rings. The third kappa shape index (κ3) is 4.07. The molecule has 0 spiro atoms. The van der Waals surface area contributed by atoms with Crippen LogP contribution in [0.1, 0.15) is 54.4 Å². The summed E-state index contributed by atoms with van der Waals surface area (Å²) in [7, 11) is 0. The molecule has 1 aliphatic rings. The number of aliphatic carboxylic acids is 1. The van der Waals surface area contributed by atoms with Gasteiger partial charge in [0.15, 0.2) is 0 Å². The standard InChI is InChI=1S/C16H28O3/c1-10(2)7-12(5)13(6)19-14-9-16(14,15(17)18)8-11(3)4/h7,10-11,13-14H,8-9H2,1-6H3,(H,17,18). The zero-order chi connectivity index (χ0) is 14.8. The summed E-state index contributed by atoms with van der Waals surface area (Å²) in [5.74, 6) is 0.168. The van der Waals surface area contributed by atoms with Crippen molar-refractivity contribution in [2.75, 3.05) is 0 Å². The topological polar surface area (TPSA) is 46.5 Å². The minimum atomic E-state index is -0.705. The number of hydrogen-bond acceptors (Lipinski definition) is 2. The Labute approximate surface area is 117 Å². The highest BCUT2D eigenvalue weighted by Gasteiger charge is 2.62. The SMILES string of the molecule is CC(=CC(C)C)C(C)OC1CC1(CC(C)C)C(=O)O. The van der Waals surface area contributed by atoms with E-state index in [0.717, 1.165) is 0 Å². The average molecular weight is 268 g/mol. The van der Waals surface area contributed by atoms with Crippen molar-refractivity contribution in [3.05, 3.63) is 11.6 Å². The van der Waals surface area contributed by atoms with Gasteiger partial charge in [-0.15, -0.1) is 0 Å². The van der Waals surface area contributed by atoms with E-state index in [4.69, 9.17) is 4.74 Å². The van der Waals surface area contributed by atoms with Gasteiger partial charge in [-0.05, 0) is 44.1 Å². The summed E-state index contributed by atoms with van der Waals surface area (Å²) in [4.78, 5) is 11.5. The summed E-state index contributed by atoms with van der Waals surface area (Å²) in [5.41, 5.74) is 0.548. The Bertz CT molecular complexity index is 357. The molecule has 0 aromatic rings. The quantitative estimate of drug-likeness (QED) is 0.713. The van der Waals surface area contributed by atoms with Gasteiger partial charge in [0, 0.05) is 0 Å². The van der Waals surface area contributed by atoms with E-state index in [1.807, 2.05) is 6.92 Å². The molecule has 0 radical (unpaired) electrons. The minimum Gasteiger partial charge on any atom is -0.481 e. The minimum absolute atomic E-state index is 0.000729. The van der Waals surface area contributed by atoms with E-state index in [1.54, 1.807) is 0 Å². The number of rotatable bonds is 7. The zero-order valence-corrected chi connectivity index (χ0v) is 13.1. The van der Waals surface area contributed by atoms with Gasteiger partial charge in [0.25, 0.3) is 0 Å². The number of allylic oxidation sites excluding steroid dienone is 1. The highest BCUT2D eigenvalue weighted by molar-refractivity contribution is 5.79. The second-order valence-electron chi connectivity index (χ2n) is 6.69. The number of carboxylic acid groups (broad SMARTS) is 1. The molecule has 0 saturated heterocycles.